The van der Waals surface area contributed by atoms with Gasteiger partial charge in [-0.3, -0.25) is 0 Å². The zero-order valence-corrected chi connectivity index (χ0v) is 5.91. The van der Waals surface area contributed by atoms with Gasteiger partial charge in [0.25, 0.3) is 0 Å². The van der Waals surface area contributed by atoms with Gasteiger partial charge in [0.2, 0.25) is 0 Å². The summed E-state index contributed by atoms with van der Waals surface area (Å²) in [5.41, 5.74) is 0.149. The molecule has 0 bridgehead atoms. The normalized spacial score (nSPS) is 23.2. The molecule has 0 aromatic carbocycles. The third-order valence-corrected chi connectivity index (χ3v) is 1.54. The zero-order valence-electron chi connectivity index (χ0n) is 5.15. The maximum absolute atomic E-state index is 5.64. The third-order valence-electron chi connectivity index (χ3n) is 1.38. The number of rotatable bonds is 3. The van der Waals surface area contributed by atoms with Gasteiger partial charge >= 0.3 is 0 Å². The molecule has 1 atom stereocenters. The molecular formula is C6H12ClN. The molecule has 0 saturated heterocycles. The van der Waals surface area contributed by atoms with E-state index >= 15 is 0 Å². The van der Waals surface area contributed by atoms with Crippen LogP contribution in [-0.2, 0) is 0 Å². The van der Waals surface area contributed by atoms with Crippen molar-refractivity contribution in [2.24, 2.45) is 5.92 Å². The van der Waals surface area contributed by atoms with Gasteiger partial charge in [0.05, 0.1) is 5.50 Å². The third kappa shape index (κ3) is 2.53. The molecule has 1 nitrogen and oxygen atoms in total. The highest BCUT2D eigenvalue weighted by atomic mass is 35.5. The first kappa shape index (κ1) is 6.37. The maximum atomic E-state index is 5.64. The lowest BCUT2D eigenvalue weighted by molar-refractivity contribution is 0.630. The Morgan fingerprint density at radius 2 is 2.38 bits per heavy atom. The molecule has 8 heavy (non-hydrogen) atoms. The predicted molar refractivity (Wildman–Crippen MR) is 36.0 cm³/mol. The molecule has 1 unspecified atom stereocenters. The Kier molecular flexibility index (Phi) is 2.15. The summed E-state index contributed by atoms with van der Waals surface area (Å²) in [5, 5.41) is 3.17. The van der Waals surface area contributed by atoms with Gasteiger partial charge < -0.3 is 5.32 Å². The summed E-state index contributed by atoms with van der Waals surface area (Å²) >= 11 is 5.64. The van der Waals surface area contributed by atoms with Crippen molar-refractivity contribution in [3.05, 3.63) is 0 Å². The molecule has 0 amide bonds. The number of nitrogens with one attached hydrogen (secondary N) is 1. The monoisotopic (exact) mass is 133 g/mol. The van der Waals surface area contributed by atoms with E-state index in [1.165, 1.54) is 12.8 Å². The lowest BCUT2D eigenvalue weighted by Crippen LogP contribution is -2.22. The predicted octanol–water partition coefficient (Wildman–Crippen LogP) is 1.57. The van der Waals surface area contributed by atoms with Gasteiger partial charge in [0, 0.05) is 0 Å². The highest BCUT2D eigenvalue weighted by Crippen LogP contribution is 2.27. The van der Waals surface area contributed by atoms with Crippen LogP contribution < -0.4 is 5.32 Å². The van der Waals surface area contributed by atoms with Gasteiger partial charge in [-0.1, -0.05) is 0 Å². The SMILES string of the molecule is CC(Cl)NCC1CC1. The molecule has 48 valence electrons. The van der Waals surface area contributed by atoms with Crippen molar-refractivity contribution in [2.45, 2.75) is 25.3 Å². The minimum Gasteiger partial charge on any atom is -0.301 e. The molecule has 0 aliphatic heterocycles. The average molecular weight is 134 g/mol. The van der Waals surface area contributed by atoms with Crippen LogP contribution in [0, 0.1) is 5.92 Å². The van der Waals surface area contributed by atoms with Crippen LogP contribution in [0.15, 0.2) is 0 Å². The second-order valence-electron chi connectivity index (χ2n) is 2.47. The smallest absolute Gasteiger partial charge is 0.0796 e. The first-order chi connectivity index (χ1) is 3.79. The van der Waals surface area contributed by atoms with E-state index in [2.05, 4.69) is 5.32 Å². The highest BCUT2D eigenvalue weighted by molar-refractivity contribution is 6.20. The second-order valence-corrected chi connectivity index (χ2v) is 3.12. The van der Waals surface area contributed by atoms with Crippen LogP contribution in [0.4, 0.5) is 0 Å². The van der Waals surface area contributed by atoms with Crippen LogP contribution in [0.5, 0.6) is 0 Å². The Morgan fingerprint density at radius 3 is 2.75 bits per heavy atom. The molecule has 1 aliphatic rings. The van der Waals surface area contributed by atoms with Gasteiger partial charge in [-0.2, -0.15) is 0 Å². The van der Waals surface area contributed by atoms with E-state index in [1.54, 1.807) is 0 Å². The Labute approximate surface area is 55.4 Å². The Morgan fingerprint density at radius 1 is 1.75 bits per heavy atom. The van der Waals surface area contributed by atoms with E-state index in [1.807, 2.05) is 6.92 Å². The largest absolute Gasteiger partial charge is 0.301 e. The molecule has 0 aromatic rings. The van der Waals surface area contributed by atoms with Crippen LogP contribution in [-0.4, -0.2) is 12.0 Å². The van der Waals surface area contributed by atoms with Gasteiger partial charge in [-0.15, -0.1) is 11.6 Å². The van der Waals surface area contributed by atoms with Crippen LogP contribution in [0.2, 0.25) is 0 Å². The summed E-state index contributed by atoms with van der Waals surface area (Å²) in [6, 6.07) is 0. The molecule has 1 saturated carbocycles. The fourth-order valence-corrected chi connectivity index (χ4v) is 0.740. The van der Waals surface area contributed by atoms with Crippen molar-refractivity contribution < 1.29 is 0 Å². The van der Waals surface area contributed by atoms with Crippen LogP contribution in [0.3, 0.4) is 0 Å². The summed E-state index contributed by atoms with van der Waals surface area (Å²) < 4.78 is 0. The molecule has 1 fully saturated rings. The van der Waals surface area contributed by atoms with E-state index in [0.29, 0.717) is 0 Å². The minimum atomic E-state index is 0.149. The van der Waals surface area contributed by atoms with E-state index in [9.17, 15) is 0 Å². The molecule has 1 aliphatic carbocycles. The van der Waals surface area contributed by atoms with E-state index in [0.717, 1.165) is 12.5 Å². The van der Waals surface area contributed by atoms with E-state index in [-0.39, 0.29) is 5.50 Å². The number of halogens is 1. The van der Waals surface area contributed by atoms with Crippen molar-refractivity contribution in [1.82, 2.24) is 5.32 Å². The van der Waals surface area contributed by atoms with Crippen LogP contribution >= 0.6 is 11.6 Å². The summed E-state index contributed by atoms with van der Waals surface area (Å²) in [6.07, 6.45) is 2.80. The topological polar surface area (TPSA) is 12.0 Å². The molecule has 0 aromatic heterocycles. The molecule has 1 N–H and O–H groups in total. The highest BCUT2D eigenvalue weighted by Gasteiger charge is 2.20. The summed E-state index contributed by atoms with van der Waals surface area (Å²) in [4.78, 5) is 0. The molecule has 0 heterocycles. The second kappa shape index (κ2) is 2.70. The van der Waals surface area contributed by atoms with Crippen molar-refractivity contribution in [1.29, 1.82) is 0 Å². The first-order valence-corrected chi connectivity index (χ1v) is 3.60. The number of hydrogen-bond donors (Lipinski definition) is 1. The van der Waals surface area contributed by atoms with E-state index < -0.39 is 0 Å². The maximum Gasteiger partial charge on any atom is 0.0796 e. The molecular weight excluding hydrogens is 122 g/mol. The Bertz CT molecular complexity index is 66.9. The van der Waals surface area contributed by atoms with Gasteiger partial charge in [0.15, 0.2) is 0 Å². The van der Waals surface area contributed by atoms with Crippen LogP contribution in [0.25, 0.3) is 0 Å². The zero-order chi connectivity index (χ0) is 5.98. The van der Waals surface area contributed by atoms with Crippen molar-refractivity contribution in [3.8, 4) is 0 Å². The molecule has 1 rings (SSSR count). The van der Waals surface area contributed by atoms with Crippen LogP contribution in [0.1, 0.15) is 19.8 Å². The van der Waals surface area contributed by atoms with Gasteiger partial charge in [-0.05, 0) is 32.2 Å². The number of alkyl halides is 1. The van der Waals surface area contributed by atoms with Crippen molar-refractivity contribution >= 4 is 11.6 Å². The minimum absolute atomic E-state index is 0.149. The summed E-state index contributed by atoms with van der Waals surface area (Å²) in [6.45, 7) is 3.08. The fraction of sp³-hybridized carbons (Fsp3) is 1.00. The molecule has 0 radical (unpaired) electrons. The van der Waals surface area contributed by atoms with E-state index in [4.69, 9.17) is 11.6 Å². The lowest BCUT2D eigenvalue weighted by atomic mass is 10.4. The standard InChI is InChI=1S/C6H12ClN/c1-5(7)8-4-6-2-3-6/h5-6,8H,2-4H2,1H3. The Balaban J connectivity index is 1.87. The van der Waals surface area contributed by atoms with Gasteiger partial charge in [-0.25, -0.2) is 0 Å². The average Bonchev–Trinajstić information content (AvgIpc) is 2.41. The molecule has 2 heteroatoms. The molecule has 0 spiro atoms. The summed E-state index contributed by atoms with van der Waals surface area (Å²) in [7, 11) is 0. The van der Waals surface area contributed by atoms with Crippen molar-refractivity contribution in [3.63, 3.8) is 0 Å². The lowest BCUT2D eigenvalue weighted by Gasteiger charge is -2.02. The Hall–Kier alpha value is 0.250. The van der Waals surface area contributed by atoms with Crippen molar-refractivity contribution in [2.75, 3.05) is 6.54 Å². The first-order valence-electron chi connectivity index (χ1n) is 3.16. The number of hydrogen-bond acceptors (Lipinski definition) is 1. The quantitative estimate of drug-likeness (QED) is 0.455. The fourth-order valence-electron chi connectivity index (χ4n) is 0.651. The summed E-state index contributed by atoms with van der Waals surface area (Å²) in [5.74, 6) is 0.941. The van der Waals surface area contributed by atoms with Gasteiger partial charge in [0.1, 0.15) is 0 Å².